The first kappa shape index (κ1) is 102. The maximum atomic E-state index is 16.8. The number of halogens is 9. The molecule has 6 N–H and O–H groups in total. The first-order valence-electron chi connectivity index (χ1n) is 39.1. The summed E-state index contributed by atoms with van der Waals surface area (Å²) >= 11 is 9.53. The third kappa shape index (κ3) is 35.0. The molecule has 2 saturated heterocycles. The molecule has 0 aliphatic carbocycles. The minimum atomic E-state index is -5.08. The van der Waals surface area contributed by atoms with Crippen molar-refractivity contribution < 1.29 is 131 Å². The minimum Gasteiger partial charge on any atom is -0.475 e. The van der Waals surface area contributed by atoms with Gasteiger partial charge >= 0.3 is 36.3 Å². The van der Waals surface area contributed by atoms with E-state index in [0.717, 1.165) is 22.3 Å². The highest BCUT2D eigenvalue weighted by molar-refractivity contribution is 6.40. The second-order valence-corrected chi connectivity index (χ2v) is 29.7. The van der Waals surface area contributed by atoms with Crippen LogP contribution in [0.5, 0.6) is 0 Å². The molecule has 0 radical (unpaired) electrons. The molecule has 2 heterocycles. The molecule has 16 atom stereocenters. The lowest BCUT2D eigenvalue weighted by molar-refractivity contribution is -0.293. The number of carbonyl (C=O) groups excluding carboxylic acids is 8. The van der Waals surface area contributed by atoms with Crippen molar-refractivity contribution >= 4 is 76.7 Å². The van der Waals surface area contributed by atoms with E-state index in [2.05, 4.69) is 21.3 Å². The van der Waals surface area contributed by atoms with Crippen molar-refractivity contribution in [3.8, 4) is 0 Å². The molecule has 0 spiro atoms. The van der Waals surface area contributed by atoms with Crippen LogP contribution in [-0.2, 0) is 121 Å². The molecule has 2 unspecified atom stereocenters. The number of amides is 4. The average Bonchev–Trinajstić information content (AvgIpc) is 0.778. The first-order valence-corrected chi connectivity index (χ1v) is 40.1. The molecule has 25 nitrogen and oxygen atoms in total. The number of carbonyl (C=O) groups is 9. The summed E-state index contributed by atoms with van der Waals surface area (Å²) in [6.45, 7) is 12.3. The second-order valence-electron chi connectivity index (χ2n) is 28.9. The number of rotatable bonds is 39. The molecule has 34 heteroatoms. The van der Waals surface area contributed by atoms with Crippen molar-refractivity contribution in [3.05, 3.63) is 215 Å². The summed E-state index contributed by atoms with van der Waals surface area (Å²) in [6, 6.07) is 47.8. The molecule has 8 rings (SSSR count). The fourth-order valence-corrected chi connectivity index (χ4v) is 12.8. The van der Waals surface area contributed by atoms with Crippen molar-refractivity contribution in [1.29, 1.82) is 0 Å². The number of benzene rings is 6. The maximum absolute atomic E-state index is 16.8. The zero-order valence-corrected chi connectivity index (χ0v) is 70.0. The van der Waals surface area contributed by atoms with Crippen molar-refractivity contribution in [2.75, 3.05) is 19.2 Å². The Morgan fingerprint density at radius 1 is 0.438 bits per heavy atom. The first-order chi connectivity index (χ1) is 57.5. The molecular formula is C87H107Cl2F7N4O21. The number of aliphatic hydroxyl groups excluding tert-OH is 1. The summed E-state index contributed by atoms with van der Waals surface area (Å²) < 4.78 is 154. The molecule has 6 aromatic rings. The summed E-state index contributed by atoms with van der Waals surface area (Å²) in [4.78, 5) is 114. The summed E-state index contributed by atoms with van der Waals surface area (Å²) in [6.07, 6.45) is -20.6. The van der Waals surface area contributed by atoms with Crippen molar-refractivity contribution in [2.45, 2.75) is 225 Å². The smallest absolute Gasteiger partial charge is 0.475 e. The number of aliphatic hydroxyl groups is 1. The molecular weight excluding hydrogens is 1640 g/mol. The minimum absolute atomic E-state index is 0.00422. The standard InChI is InChI=1S/C43H54F2N2O10.C41H50F2N2O9.C2HF3O2.CH2Cl2/c1-6-36-29(3)37(53-24-31-16-10-7-11-17-31)38(56-27-52-5)39(57-36)43(44,45)23-34(47-42(51)55-26-33-20-14-9-15-21-33)35(48)22-28(2)40(49)46-30(4)41(50)54-25-32-18-12-8-13-19-32;1-5-34-27(3)36(51-23-29-15-9-6-10-16-29)35(47)37(54-34)41(42,43)22-32(45-40(50)53-25-31-19-13-8-14-20-31)33(46)21-26(2)38(48)44-28(4)39(49)52-24-30-17-11-7-12-18-30;3-2(4,5)1(6)7;2-1-3/h7-21,28-30,34,36-39H,6,22-27H2,1-5H3,(H,46,49)(H,47,51);6-20,26-28,32,34-37,47H,5,21-25H2,1-4H3,(H,44,48)(H,45,50);(H,6,7);1H2/t28-,29+,30+,34?,36-,37+,38-,39+;26-,27+,28+,32?,34-,35-,36+,37+;;/m11../s1. The molecule has 0 aromatic heterocycles. The lowest BCUT2D eigenvalue weighted by Gasteiger charge is -2.47. The van der Waals surface area contributed by atoms with Crippen LogP contribution in [0.4, 0.5) is 40.3 Å². The van der Waals surface area contributed by atoms with Crippen molar-refractivity contribution in [1.82, 2.24) is 21.3 Å². The predicted molar refractivity (Wildman–Crippen MR) is 431 cm³/mol. The van der Waals surface area contributed by atoms with Crippen LogP contribution in [0.25, 0.3) is 0 Å². The molecule has 0 bridgehead atoms. The van der Waals surface area contributed by atoms with E-state index in [0.29, 0.717) is 24.0 Å². The van der Waals surface area contributed by atoms with Gasteiger partial charge in [0.1, 0.15) is 63.6 Å². The van der Waals surface area contributed by atoms with Crippen LogP contribution in [0.3, 0.4) is 0 Å². The van der Waals surface area contributed by atoms with Crippen LogP contribution in [-0.4, -0.2) is 174 Å². The number of esters is 2. The Morgan fingerprint density at radius 2 is 0.727 bits per heavy atom. The molecule has 2 aliphatic rings. The summed E-state index contributed by atoms with van der Waals surface area (Å²) in [7, 11) is 1.36. The number of alkyl carbamates (subject to hydrolysis) is 2. The molecule has 6 aromatic carbocycles. The Kier molecular flexibility index (Phi) is 43.8. The van der Waals surface area contributed by atoms with E-state index in [-0.39, 0.29) is 57.7 Å². The number of carboxylic acids is 1. The number of ketones is 2. The summed E-state index contributed by atoms with van der Waals surface area (Å²) in [5.41, 5.74) is 4.40. The number of aliphatic carboxylic acids is 1. The Labute approximate surface area is 708 Å². The van der Waals surface area contributed by atoms with Crippen molar-refractivity contribution in [3.63, 3.8) is 0 Å². The zero-order valence-electron chi connectivity index (χ0n) is 68.5. The lowest BCUT2D eigenvalue weighted by Crippen LogP contribution is -2.62. The SMILES string of the molecule is CC[C@H]1O[C@H](C(F)(F)CC(NC(=O)OCc2ccccc2)C(=O)C[C@@H](C)C(=O)N[C@@H](C)C(=O)OCc2ccccc2)[C@H](O)[C@@H](OCc2ccccc2)[C@H]1C.CC[C@H]1O[C@H](C(F)(F)CC(NC(=O)OCc2ccccc2)C(=O)C[C@@H](C)C(=O)N[C@@H](C)C(=O)OCc2ccccc2)[C@H](OCOC)[C@@H](OCc2ccccc2)[C@H]1C.ClCCl.O=C(O)C(F)(F)F. The third-order valence-electron chi connectivity index (χ3n) is 19.5. The fourth-order valence-electron chi connectivity index (χ4n) is 12.8. The number of Topliss-reactive ketones (excluding diaryl/α,β-unsaturated/α-hetero) is 2. The van der Waals surface area contributed by atoms with E-state index in [1.54, 1.807) is 123 Å². The van der Waals surface area contributed by atoms with Gasteiger partial charge in [-0.1, -0.05) is 224 Å². The topological polar surface area (TPSA) is 335 Å². The molecule has 2 fully saturated rings. The number of methoxy groups -OCH3 is 1. The number of hydrogen-bond acceptors (Lipinski definition) is 20. The van der Waals surface area contributed by atoms with Crippen molar-refractivity contribution in [2.24, 2.45) is 23.7 Å². The van der Waals surface area contributed by atoms with Gasteiger partial charge in [0.15, 0.2) is 17.7 Å². The van der Waals surface area contributed by atoms with Gasteiger partial charge in [-0.05, 0) is 60.1 Å². The highest BCUT2D eigenvalue weighted by Gasteiger charge is 2.58. The molecule has 121 heavy (non-hydrogen) atoms. The Bertz CT molecular complexity index is 4110. The van der Waals surface area contributed by atoms with E-state index >= 15 is 17.6 Å². The molecule has 2 aliphatic heterocycles. The van der Waals surface area contributed by atoms with E-state index in [1.807, 2.05) is 86.6 Å². The van der Waals surface area contributed by atoms with Crippen LogP contribution in [0.15, 0.2) is 182 Å². The number of hydrogen-bond donors (Lipinski definition) is 6. The van der Waals surface area contributed by atoms with E-state index in [9.17, 15) is 56.6 Å². The highest BCUT2D eigenvalue weighted by Crippen LogP contribution is 2.43. The van der Waals surface area contributed by atoms with Gasteiger partial charge < -0.3 is 78.8 Å². The van der Waals surface area contributed by atoms with E-state index in [1.165, 1.54) is 34.8 Å². The van der Waals surface area contributed by atoms with Crippen LogP contribution >= 0.6 is 23.2 Å². The van der Waals surface area contributed by atoms with Gasteiger partial charge in [-0.3, -0.25) is 19.2 Å². The average molecular weight is 1750 g/mol. The van der Waals surface area contributed by atoms with Gasteiger partial charge in [-0.2, -0.15) is 13.2 Å². The fraction of sp³-hybridized carbons (Fsp3) is 0.483. The van der Waals surface area contributed by atoms with Crippen LogP contribution < -0.4 is 21.3 Å². The van der Waals surface area contributed by atoms with Gasteiger partial charge in [0.25, 0.3) is 11.8 Å². The third-order valence-corrected chi connectivity index (χ3v) is 19.5. The molecule has 664 valence electrons. The van der Waals surface area contributed by atoms with Gasteiger partial charge in [0.05, 0.1) is 55.1 Å². The summed E-state index contributed by atoms with van der Waals surface area (Å²) in [5, 5.41) is 28.2. The van der Waals surface area contributed by atoms with Gasteiger partial charge in [0, 0.05) is 56.5 Å². The molecule has 4 amide bonds. The Hall–Kier alpha value is -9.64. The normalized spacial score (nSPS) is 20.4. The Morgan fingerprint density at radius 3 is 1.04 bits per heavy atom. The van der Waals surface area contributed by atoms with E-state index in [4.69, 9.17) is 80.5 Å². The van der Waals surface area contributed by atoms with Crippen LogP contribution in [0.2, 0.25) is 0 Å². The number of nitrogens with one attached hydrogen (secondary N) is 4. The van der Waals surface area contributed by atoms with Crippen LogP contribution in [0.1, 0.15) is 127 Å². The number of alkyl halides is 9. The summed E-state index contributed by atoms with van der Waals surface area (Å²) in [5.74, 6) is -17.9. The van der Waals surface area contributed by atoms with Crippen LogP contribution in [0, 0.1) is 23.7 Å². The largest absolute Gasteiger partial charge is 0.490 e. The Balaban J connectivity index is 0.000000387. The highest BCUT2D eigenvalue weighted by atomic mass is 35.5. The second kappa shape index (κ2) is 52.0. The van der Waals surface area contributed by atoms with Gasteiger partial charge in [0.2, 0.25) is 11.8 Å². The van der Waals surface area contributed by atoms with E-state index < -0.39 is 188 Å². The van der Waals surface area contributed by atoms with Gasteiger partial charge in [-0.15, -0.1) is 23.2 Å². The number of carboxylic acid groups (broad SMARTS) is 1. The maximum Gasteiger partial charge on any atom is 0.490 e. The zero-order chi connectivity index (χ0) is 89.4. The quantitative estimate of drug-likeness (QED) is 0.00686. The van der Waals surface area contributed by atoms with Gasteiger partial charge in [-0.25, -0.2) is 41.5 Å². The monoisotopic (exact) mass is 1750 g/mol. The lowest BCUT2D eigenvalue weighted by atomic mass is 9.83. The molecule has 0 saturated carbocycles. The predicted octanol–water partition coefficient (Wildman–Crippen LogP) is 14.5. The number of ether oxygens (including phenoxy) is 10.